The molecule has 36 heavy (non-hydrogen) atoms. The molecule has 2 aliphatic heterocycles. The molecule has 1 aromatic carbocycles. The molecule has 1 saturated heterocycles. The average molecular weight is 484 g/mol. The summed E-state index contributed by atoms with van der Waals surface area (Å²) in [6.45, 7) is 0.518. The Morgan fingerprint density at radius 2 is 2.06 bits per heavy atom. The number of nitrogens with zero attached hydrogens (tertiary/aromatic N) is 6. The number of rotatable bonds is 5. The summed E-state index contributed by atoms with van der Waals surface area (Å²) in [5.74, 6) is -1.47. The van der Waals surface area contributed by atoms with Crippen molar-refractivity contribution in [2.24, 2.45) is 0 Å². The Bertz CT molecular complexity index is 1550. The molecule has 3 aromatic heterocycles. The lowest BCUT2D eigenvalue weighted by Crippen LogP contribution is -2.52. The van der Waals surface area contributed by atoms with E-state index in [1.54, 1.807) is 24.5 Å². The molecule has 0 aliphatic carbocycles. The Hall–Kier alpha value is -4.87. The van der Waals surface area contributed by atoms with Crippen molar-refractivity contribution in [3.8, 4) is 5.69 Å². The molecule has 4 amide bonds. The number of imidazole rings is 1. The highest BCUT2D eigenvalue weighted by Crippen LogP contribution is 2.29. The summed E-state index contributed by atoms with van der Waals surface area (Å²) < 4.78 is 3.29. The summed E-state index contributed by atoms with van der Waals surface area (Å²) in [5.41, 5.74) is 3.53. The average Bonchev–Trinajstić information content (AvgIpc) is 3.60. The lowest BCUT2D eigenvalue weighted by Gasteiger charge is -2.29. The smallest absolute Gasteiger partial charge is 0.273 e. The Morgan fingerprint density at radius 1 is 1.17 bits per heavy atom. The highest BCUT2D eigenvalue weighted by Gasteiger charge is 2.39. The number of amides is 4. The molecule has 1 unspecified atom stereocenters. The van der Waals surface area contributed by atoms with Crippen LogP contribution in [0.1, 0.15) is 44.9 Å². The Balaban J connectivity index is 1.16. The first-order valence-electron chi connectivity index (χ1n) is 11.4. The fraction of sp³-hybridized carbons (Fsp3) is 0.208. The zero-order valence-electron chi connectivity index (χ0n) is 18.9. The lowest BCUT2D eigenvalue weighted by atomic mass is 10.0. The van der Waals surface area contributed by atoms with Crippen molar-refractivity contribution in [3.63, 3.8) is 0 Å². The highest BCUT2D eigenvalue weighted by molar-refractivity contribution is 6.05. The molecule has 2 N–H and O–H groups in total. The maximum Gasteiger partial charge on any atom is 0.273 e. The van der Waals surface area contributed by atoms with Gasteiger partial charge >= 0.3 is 0 Å². The van der Waals surface area contributed by atoms with Crippen LogP contribution in [0.3, 0.4) is 0 Å². The standard InChI is InChI=1S/C24H20N8O4/c33-21-7-6-20(23(35)27-21)31-11-14-4-5-15(9-16(14)24(31)36)32-12-18(28-29-32)22(34)25-10-17-19-3-1-2-8-30(19)13-26-17/h1-5,8-9,12-13,20H,6-7,10-11H2,(H,25,34)(H,27,33,35). The Labute approximate surface area is 203 Å². The van der Waals surface area contributed by atoms with Crippen LogP contribution in [0.25, 0.3) is 11.2 Å². The fourth-order valence-corrected chi connectivity index (χ4v) is 4.57. The number of benzene rings is 1. The summed E-state index contributed by atoms with van der Waals surface area (Å²) in [6.07, 6.45) is 5.55. The van der Waals surface area contributed by atoms with Gasteiger partial charge in [0.2, 0.25) is 11.8 Å². The Morgan fingerprint density at radius 3 is 2.92 bits per heavy atom. The molecular weight excluding hydrogens is 464 g/mol. The number of pyridine rings is 1. The molecule has 4 aromatic rings. The first-order valence-corrected chi connectivity index (χ1v) is 11.4. The molecule has 12 nitrogen and oxygen atoms in total. The van der Waals surface area contributed by atoms with Crippen molar-refractivity contribution in [1.82, 2.24) is 39.9 Å². The van der Waals surface area contributed by atoms with Gasteiger partial charge in [-0.15, -0.1) is 5.10 Å². The summed E-state index contributed by atoms with van der Waals surface area (Å²) in [5, 5.41) is 13.1. The summed E-state index contributed by atoms with van der Waals surface area (Å²) in [4.78, 5) is 55.2. The SMILES string of the molecule is O=C1CCC(N2Cc3ccc(-n4cc(C(=O)NCc5ncn6ccccc56)nn4)cc3C2=O)C(=O)N1. The molecule has 6 rings (SSSR count). The minimum absolute atomic E-state index is 0.121. The van der Waals surface area contributed by atoms with Crippen LogP contribution >= 0.6 is 0 Å². The van der Waals surface area contributed by atoms with E-state index in [1.165, 1.54) is 15.8 Å². The number of piperidine rings is 1. The molecule has 0 saturated carbocycles. The van der Waals surface area contributed by atoms with Crippen LogP contribution in [0.4, 0.5) is 0 Å². The van der Waals surface area contributed by atoms with E-state index >= 15 is 0 Å². The molecular formula is C24H20N8O4. The minimum atomic E-state index is -0.680. The topological polar surface area (TPSA) is 144 Å². The van der Waals surface area contributed by atoms with Crippen LogP contribution < -0.4 is 10.6 Å². The van der Waals surface area contributed by atoms with Crippen molar-refractivity contribution in [2.75, 3.05) is 0 Å². The van der Waals surface area contributed by atoms with Gasteiger partial charge in [-0.1, -0.05) is 17.3 Å². The van der Waals surface area contributed by atoms with Gasteiger partial charge in [-0.25, -0.2) is 9.67 Å². The van der Waals surface area contributed by atoms with Crippen LogP contribution in [0.2, 0.25) is 0 Å². The van der Waals surface area contributed by atoms with Gasteiger partial charge in [0.1, 0.15) is 6.04 Å². The largest absolute Gasteiger partial charge is 0.345 e. The van der Waals surface area contributed by atoms with Crippen molar-refractivity contribution < 1.29 is 19.2 Å². The summed E-state index contributed by atoms with van der Waals surface area (Å²) in [7, 11) is 0. The van der Waals surface area contributed by atoms with Crippen LogP contribution in [-0.4, -0.2) is 58.9 Å². The monoisotopic (exact) mass is 484 g/mol. The van der Waals surface area contributed by atoms with Crippen LogP contribution in [0.5, 0.6) is 0 Å². The summed E-state index contributed by atoms with van der Waals surface area (Å²) >= 11 is 0. The molecule has 180 valence electrons. The van der Waals surface area contributed by atoms with Gasteiger partial charge in [0, 0.05) is 24.7 Å². The molecule has 1 atom stereocenters. The number of hydrogen-bond donors (Lipinski definition) is 2. The number of hydrogen-bond acceptors (Lipinski definition) is 7. The van der Waals surface area contributed by atoms with E-state index in [0.717, 1.165) is 16.8 Å². The molecule has 12 heteroatoms. The van der Waals surface area contributed by atoms with Gasteiger partial charge in [-0.3, -0.25) is 24.5 Å². The van der Waals surface area contributed by atoms with Crippen molar-refractivity contribution >= 4 is 29.1 Å². The Kier molecular flexibility index (Phi) is 5.06. The molecule has 0 bridgehead atoms. The van der Waals surface area contributed by atoms with Gasteiger partial charge in [-0.05, 0) is 36.2 Å². The van der Waals surface area contributed by atoms with Crippen LogP contribution in [0.15, 0.2) is 55.1 Å². The molecule has 1 fully saturated rings. The third-order valence-corrected chi connectivity index (χ3v) is 6.44. The second-order valence-corrected chi connectivity index (χ2v) is 8.66. The van der Waals surface area contributed by atoms with Crippen molar-refractivity contribution in [2.45, 2.75) is 32.0 Å². The molecule has 0 spiro atoms. The van der Waals surface area contributed by atoms with Crippen molar-refractivity contribution in [3.05, 3.63) is 77.6 Å². The van der Waals surface area contributed by atoms with Gasteiger partial charge in [0.15, 0.2) is 5.69 Å². The number of carbonyl (C=O) groups is 4. The fourth-order valence-electron chi connectivity index (χ4n) is 4.57. The second-order valence-electron chi connectivity index (χ2n) is 8.66. The number of fused-ring (bicyclic) bond motifs is 2. The first-order chi connectivity index (χ1) is 17.5. The van der Waals surface area contributed by atoms with E-state index in [2.05, 4.69) is 25.9 Å². The first kappa shape index (κ1) is 21.6. The van der Waals surface area contributed by atoms with E-state index in [-0.39, 0.29) is 37.0 Å². The number of aromatic nitrogens is 5. The van der Waals surface area contributed by atoms with Gasteiger partial charge in [-0.2, -0.15) is 0 Å². The van der Waals surface area contributed by atoms with Gasteiger partial charge in [0.25, 0.3) is 11.8 Å². The number of nitrogens with one attached hydrogen (secondary N) is 2. The maximum absolute atomic E-state index is 13.1. The van der Waals surface area contributed by atoms with Gasteiger partial charge < -0.3 is 14.6 Å². The van der Waals surface area contributed by atoms with Crippen LogP contribution in [-0.2, 0) is 22.7 Å². The highest BCUT2D eigenvalue weighted by atomic mass is 16.2. The van der Waals surface area contributed by atoms with E-state index in [9.17, 15) is 19.2 Å². The normalized spacial score (nSPS) is 17.4. The summed E-state index contributed by atoms with van der Waals surface area (Å²) in [6, 6.07) is 10.3. The van der Waals surface area contributed by atoms with E-state index < -0.39 is 17.9 Å². The number of carbonyl (C=O) groups excluding carboxylic acids is 4. The second kappa shape index (κ2) is 8.41. The predicted octanol–water partition coefficient (Wildman–Crippen LogP) is 0.606. The molecule has 0 radical (unpaired) electrons. The minimum Gasteiger partial charge on any atom is -0.345 e. The quantitative estimate of drug-likeness (QED) is 0.395. The van der Waals surface area contributed by atoms with Gasteiger partial charge in [0.05, 0.1) is 36.0 Å². The van der Waals surface area contributed by atoms with E-state index in [4.69, 9.17) is 0 Å². The van der Waals surface area contributed by atoms with Crippen molar-refractivity contribution in [1.29, 1.82) is 0 Å². The zero-order valence-corrected chi connectivity index (χ0v) is 18.9. The molecule has 2 aliphatic rings. The lowest BCUT2D eigenvalue weighted by molar-refractivity contribution is -0.136. The zero-order chi connectivity index (χ0) is 24.8. The number of imide groups is 1. The third kappa shape index (κ3) is 3.68. The maximum atomic E-state index is 13.1. The van der Waals surface area contributed by atoms with E-state index in [1.807, 2.05) is 28.8 Å². The van der Waals surface area contributed by atoms with Crippen LogP contribution in [0, 0.1) is 0 Å². The predicted molar refractivity (Wildman–Crippen MR) is 124 cm³/mol. The third-order valence-electron chi connectivity index (χ3n) is 6.44. The molecule has 5 heterocycles. The van der Waals surface area contributed by atoms with E-state index in [0.29, 0.717) is 17.7 Å².